The minimum absolute atomic E-state index is 0.0802. The van der Waals surface area contributed by atoms with E-state index in [0.29, 0.717) is 25.9 Å². The molecule has 6 heteroatoms. The molecule has 2 fully saturated rings. The van der Waals surface area contributed by atoms with Crippen LogP contribution in [0, 0.1) is 5.92 Å². The first-order valence-corrected chi connectivity index (χ1v) is 10.1. The molecule has 0 radical (unpaired) electrons. The Bertz CT molecular complexity index is 602. The predicted octanol–water partition coefficient (Wildman–Crippen LogP) is 1.31. The Labute approximate surface area is 161 Å². The molecular weight excluding hydrogens is 342 g/mol. The third kappa shape index (κ3) is 6.33. The van der Waals surface area contributed by atoms with Crippen molar-refractivity contribution >= 4 is 11.8 Å². The van der Waals surface area contributed by atoms with Gasteiger partial charge in [-0.05, 0) is 24.8 Å². The van der Waals surface area contributed by atoms with Gasteiger partial charge in [-0.25, -0.2) is 0 Å². The van der Waals surface area contributed by atoms with Crippen LogP contribution in [0.15, 0.2) is 30.3 Å². The Balaban J connectivity index is 1.37. The molecule has 0 saturated carbocycles. The number of carbonyl (C=O) groups excluding carboxylic acids is 2. The van der Waals surface area contributed by atoms with E-state index in [-0.39, 0.29) is 17.7 Å². The summed E-state index contributed by atoms with van der Waals surface area (Å²) in [5, 5.41) is 3.05. The number of amides is 2. The van der Waals surface area contributed by atoms with E-state index in [2.05, 4.69) is 22.3 Å². The van der Waals surface area contributed by atoms with E-state index in [1.165, 1.54) is 5.56 Å². The molecule has 0 spiro atoms. The molecule has 1 aromatic carbocycles. The number of likely N-dealkylation sites (tertiary alicyclic amines) is 1. The fourth-order valence-electron chi connectivity index (χ4n) is 3.77. The average Bonchev–Trinajstić information content (AvgIpc) is 2.71. The Kier molecular flexibility index (Phi) is 7.66. The number of ether oxygens (including phenoxy) is 1. The van der Waals surface area contributed by atoms with Crippen LogP contribution in [0.2, 0.25) is 0 Å². The molecular formula is C21H31N3O3. The number of morpholine rings is 1. The number of nitrogens with one attached hydrogen (secondary N) is 1. The molecule has 2 aliphatic rings. The van der Waals surface area contributed by atoms with E-state index in [1.54, 1.807) is 0 Å². The van der Waals surface area contributed by atoms with Crippen molar-refractivity contribution in [2.75, 3.05) is 52.5 Å². The maximum atomic E-state index is 12.5. The first-order chi connectivity index (χ1) is 13.2. The zero-order chi connectivity index (χ0) is 18.9. The topological polar surface area (TPSA) is 61.9 Å². The molecule has 27 heavy (non-hydrogen) atoms. The number of piperidine rings is 1. The third-order valence-electron chi connectivity index (χ3n) is 5.43. The summed E-state index contributed by atoms with van der Waals surface area (Å²) < 4.78 is 5.36. The van der Waals surface area contributed by atoms with E-state index < -0.39 is 0 Å². The van der Waals surface area contributed by atoms with Crippen LogP contribution in [0.4, 0.5) is 0 Å². The summed E-state index contributed by atoms with van der Waals surface area (Å²) in [5.74, 6) is 0.184. The average molecular weight is 373 g/mol. The summed E-state index contributed by atoms with van der Waals surface area (Å²) in [6.45, 7) is 6.47. The van der Waals surface area contributed by atoms with Crippen molar-refractivity contribution in [3.8, 4) is 0 Å². The highest BCUT2D eigenvalue weighted by molar-refractivity contribution is 5.83. The van der Waals surface area contributed by atoms with E-state index in [9.17, 15) is 9.59 Å². The molecule has 2 amide bonds. The summed E-state index contributed by atoms with van der Waals surface area (Å²) in [6.07, 6.45) is 2.93. The van der Waals surface area contributed by atoms with E-state index in [4.69, 9.17) is 4.74 Å². The second-order valence-electron chi connectivity index (χ2n) is 7.41. The van der Waals surface area contributed by atoms with Gasteiger partial charge in [0, 0.05) is 45.7 Å². The summed E-state index contributed by atoms with van der Waals surface area (Å²) >= 11 is 0. The quantitative estimate of drug-likeness (QED) is 0.746. The highest BCUT2D eigenvalue weighted by Gasteiger charge is 2.29. The summed E-state index contributed by atoms with van der Waals surface area (Å²) in [5.41, 5.74) is 1.22. The third-order valence-corrected chi connectivity index (χ3v) is 5.43. The minimum atomic E-state index is -0.0816. The highest BCUT2D eigenvalue weighted by atomic mass is 16.5. The lowest BCUT2D eigenvalue weighted by Crippen LogP contribution is -2.47. The van der Waals surface area contributed by atoms with Crippen molar-refractivity contribution < 1.29 is 14.3 Å². The Morgan fingerprint density at radius 3 is 2.70 bits per heavy atom. The van der Waals surface area contributed by atoms with Crippen LogP contribution in [-0.4, -0.2) is 74.1 Å². The number of rotatable bonds is 8. The Morgan fingerprint density at radius 1 is 1.15 bits per heavy atom. The predicted molar refractivity (Wildman–Crippen MR) is 104 cm³/mol. The van der Waals surface area contributed by atoms with Gasteiger partial charge in [-0.1, -0.05) is 30.3 Å². The molecule has 0 aromatic heterocycles. The van der Waals surface area contributed by atoms with Gasteiger partial charge in [-0.15, -0.1) is 0 Å². The van der Waals surface area contributed by atoms with Crippen molar-refractivity contribution in [1.29, 1.82) is 0 Å². The molecule has 2 heterocycles. The number of nitrogens with zero attached hydrogens (tertiary/aromatic N) is 2. The van der Waals surface area contributed by atoms with Crippen molar-refractivity contribution in [3.05, 3.63) is 35.9 Å². The summed E-state index contributed by atoms with van der Waals surface area (Å²) in [4.78, 5) is 29.0. The lowest BCUT2D eigenvalue weighted by atomic mass is 9.96. The fraction of sp³-hybridized carbons (Fsp3) is 0.619. The van der Waals surface area contributed by atoms with Crippen LogP contribution in [-0.2, 0) is 20.7 Å². The van der Waals surface area contributed by atoms with Gasteiger partial charge in [-0.3, -0.25) is 14.5 Å². The van der Waals surface area contributed by atoms with Gasteiger partial charge in [0.25, 0.3) is 0 Å². The van der Waals surface area contributed by atoms with Gasteiger partial charge < -0.3 is 15.0 Å². The second-order valence-corrected chi connectivity index (χ2v) is 7.41. The highest BCUT2D eigenvalue weighted by Crippen LogP contribution is 2.18. The van der Waals surface area contributed by atoms with Crippen molar-refractivity contribution in [2.24, 2.45) is 5.92 Å². The van der Waals surface area contributed by atoms with Crippen LogP contribution in [0.5, 0.6) is 0 Å². The molecule has 2 saturated heterocycles. The maximum absolute atomic E-state index is 12.5. The largest absolute Gasteiger partial charge is 0.379 e. The van der Waals surface area contributed by atoms with Gasteiger partial charge >= 0.3 is 0 Å². The first kappa shape index (κ1) is 19.8. The Morgan fingerprint density at radius 2 is 1.93 bits per heavy atom. The SMILES string of the molecule is O=C(NCCc1ccccc1)[C@@H]1CCC(=O)N(CCCN2CCOCC2)C1. The Hall–Kier alpha value is -1.92. The smallest absolute Gasteiger partial charge is 0.224 e. The molecule has 1 atom stereocenters. The van der Waals surface area contributed by atoms with Gasteiger partial charge in [0.2, 0.25) is 11.8 Å². The summed E-state index contributed by atoms with van der Waals surface area (Å²) in [7, 11) is 0. The molecule has 0 aliphatic carbocycles. The van der Waals surface area contributed by atoms with Crippen LogP contribution in [0.25, 0.3) is 0 Å². The molecule has 2 aliphatic heterocycles. The van der Waals surface area contributed by atoms with Gasteiger partial charge in [0.05, 0.1) is 19.1 Å². The maximum Gasteiger partial charge on any atom is 0.224 e. The van der Waals surface area contributed by atoms with E-state index in [0.717, 1.165) is 52.2 Å². The van der Waals surface area contributed by atoms with Crippen LogP contribution >= 0.6 is 0 Å². The minimum Gasteiger partial charge on any atom is -0.379 e. The van der Waals surface area contributed by atoms with Crippen LogP contribution in [0.3, 0.4) is 0 Å². The molecule has 0 bridgehead atoms. The standard InChI is InChI=1S/C21H31N3O3/c25-20-8-7-19(21(26)22-10-9-18-5-2-1-3-6-18)17-24(20)12-4-11-23-13-15-27-16-14-23/h1-3,5-6,19H,4,7-17H2,(H,22,26)/t19-/m1/s1. The fourth-order valence-corrected chi connectivity index (χ4v) is 3.77. The van der Waals surface area contributed by atoms with Crippen molar-refractivity contribution in [1.82, 2.24) is 15.1 Å². The summed E-state index contributed by atoms with van der Waals surface area (Å²) in [6, 6.07) is 10.2. The lowest BCUT2D eigenvalue weighted by Gasteiger charge is -2.33. The molecule has 1 aromatic rings. The molecule has 0 unspecified atom stereocenters. The second kappa shape index (κ2) is 10.4. The normalized spacial score (nSPS) is 21.3. The van der Waals surface area contributed by atoms with Gasteiger partial charge in [-0.2, -0.15) is 0 Å². The molecule has 6 nitrogen and oxygen atoms in total. The number of hydrogen-bond donors (Lipinski definition) is 1. The van der Waals surface area contributed by atoms with Crippen LogP contribution in [0.1, 0.15) is 24.8 Å². The van der Waals surface area contributed by atoms with Gasteiger partial charge in [0.15, 0.2) is 0 Å². The lowest BCUT2D eigenvalue weighted by molar-refractivity contribution is -0.138. The first-order valence-electron chi connectivity index (χ1n) is 10.1. The molecule has 3 rings (SSSR count). The van der Waals surface area contributed by atoms with E-state index >= 15 is 0 Å². The van der Waals surface area contributed by atoms with Gasteiger partial charge in [0.1, 0.15) is 0 Å². The van der Waals surface area contributed by atoms with Crippen molar-refractivity contribution in [2.45, 2.75) is 25.7 Å². The molecule has 148 valence electrons. The van der Waals surface area contributed by atoms with Crippen molar-refractivity contribution in [3.63, 3.8) is 0 Å². The van der Waals surface area contributed by atoms with E-state index in [1.807, 2.05) is 23.1 Å². The molecule has 1 N–H and O–H groups in total. The monoisotopic (exact) mass is 373 g/mol. The number of carbonyl (C=O) groups is 2. The number of benzene rings is 1. The number of hydrogen-bond acceptors (Lipinski definition) is 4. The zero-order valence-electron chi connectivity index (χ0n) is 16.1. The zero-order valence-corrected chi connectivity index (χ0v) is 16.1. The van der Waals surface area contributed by atoms with Crippen LogP contribution < -0.4 is 5.32 Å².